The Morgan fingerprint density at radius 1 is 1.10 bits per heavy atom. The van der Waals surface area contributed by atoms with Crippen molar-refractivity contribution in [2.24, 2.45) is 5.10 Å². The number of anilines is 1. The standard InChI is InChI=1S/C21H22BrN3O5/c1-13(26)24(17-8-6-16(22)7-9-17)12-20-25(14(2)27)23-21(30-20)15-5-10-18(28-3)19(11-15)29-4/h5-11,20H,12H2,1-4H3/t20-/m0/s1. The molecule has 2 aromatic rings. The number of carbonyl (C=O) groups excluding carboxylic acids is 2. The molecule has 0 saturated carbocycles. The molecule has 0 unspecified atom stereocenters. The molecule has 1 aliphatic heterocycles. The topological polar surface area (TPSA) is 80.7 Å². The first kappa shape index (κ1) is 21.6. The van der Waals surface area contributed by atoms with Crippen LogP contribution < -0.4 is 14.4 Å². The highest BCUT2D eigenvalue weighted by Crippen LogP contribution is 2.30. The van der Waals surface area contributed by atoms with Crippen LogP contribution in [0.3, 0.4) is 0 Å². The van der Waals surface area contributed by atoms with Gasteiger partial charge in [0.25, 0.3) is 0 Å². The molecule has 3 rings (SSSR count). The number of nitrogens with zero attached hydrogens (tertiary/aromatic N) is 3. The van der Waals surface area contributed by atoms with Gasteiger partial charge in [0, 0.05) is 29.6 Å². The fourth-order valence-corrected chi connectivity index (χ4v) is 3.30. The summed E-state index contributed by atoms with van der Waals surface area (Å²) < 4.78 is 17.5. The molecule has 2 amide bonds. The number of hydrazone groups is 1. The maximum atomic E-state index is 12.3. The Kier molecular flexibility index (Phi) is 6.61. The summed E-state index contributed by atoms with van der Waals surface area (Å²) in [5, 5.41) is 5.56. The van der Waals surface area contributed by atoms with Crippen LogP contribution in [-0.2, 0) is 14.3 Å². The van der Waals surface area contributed by atoms with Gasteiger partial charge in [-0.3, -0.25) is 9.59 Å². The molecule has 0 aromatic heterocycles. The number of hydrogen-bond acceptors (Lipinski definition) is 6. The summed E-state index contributed by atoms with van der Waals surface area (Å²) in [5.74, 6) is 0.867. The quantitative estimate of drug-likeness (QED) is 0.639. The monoisotopic (exact) mass is 475 g/mol. The highest BCUT2D eigenvalue weighted by atomic mass is 79.9. The van der Waals surface area contributed by atoms with Gasteiger partial charge in [0.05, 0.1) is 20.8 Å². The van der Waals surface area contributed by atoms with Gasteiger partial charge in [0.2, 0.25) is 23.9 Å². The van der Waals surface area contributed by atoms with E-state index >= 15 is 0 Å². The van der Waals surface area contributed by atoms with Gasteiger partial charge >= 0.3 is 0 Å². The van der Waals surface area contributed by atoms with Crippen molar-refractivity contribution in [1.82, 2.24) is 5.01 Å². The molecule has 0 saturated heterocycles. The molecule has 30 heavy (non-hydrogen) atoms. The number of hydrogen-bond donors (Lipinski definition) is 0. The van der Waals surface area contributed by atoms with Crippen molar-refractivity contribution < 1.29 is 23.8 Å². The molecule has 158 valence electrons. The smallest absolute Gasteiger partial charge is 0.243 e. The van der Waals surface area contributed by atoms with E-state index in [0.717, 1.165) is 4.47 Å². The van der Waals surface area contributed by atoms with Crippen LogP contribution in [0.15, 0.2) is 52.0 Å². The zero-order valence-corrected chi connectivity index (χ0v) is 18.7. The van der Waals surface area contributed by atoms with Gasteiger partial charge in [-0.05, 0) is 42.5 Å². The fourth-order valence-electron chi connectivity index (χ4n) is 3.04. The first-order valence-electron chi connectivity index (χ1n) is 9.15. The van der Waals surface area contributed by atoms with Gasteiger partial charge in [-0.1, -0.05) is 15.9 Å². The second-order valence-electron chi connectivity index (χ2n) is 6.52. The van der Waals surface area contributed by atoms with Crippen LogP contribution >= 0.6 is 15.9 Å². The van der Waals surface area contributed by atoms with Gasteiger partial charge < -0.3 is 19.1 Å². The highest BCUT2D eigenvalue weighted by Gasteiger charge is 2.34. The van der Waals surface area contributed by atoms with Crippen molar-refractivity contribution in [2.45, 2.75) is 20.1 Å². The Morgan fingerprint density at radius 2 is 1.77 bits per heavy atom. The minimum Gasteiger partial charge on any atom is -0.493 e. The number of rotatable bonds is 6. The molecule has 0 radical (unpaired) electrons. The molecule has 1 heterocycles. The van der Waals surface area contributed by atoms with E-state index in [1.165, 1.54) is 26.0 Å². The Labute approximate surface area is 183 Å². The Balaban J connectivity index is 1.87. The number of amides is 2. The minimum atomic E-state index is -0.766. The first-order chi connectivity index (χ1) is 14.3. The largest absolute Gasteiger partial charge is 0.493 e. The van der Waals surface area contributed by atoms with Crippen molar-refractivity contribution in [2.75, 3.05) is 25.7 Å². The molecule has 1 aliphatic rings. The average Bonchev–Trinajstić information content (AvgIpc) is 3.16. The first-order valence-corrected chi connectivity index (χ1v) is 9.94. The second-order valence-corrected chi connectivity index (χ2v) is 7.43. The number of benzene rings is 2. The van der Waals surface area contributed by atoms with Crippen molar-refractivity contribution in [1.29, 1.82) is 0 Å². The summed E-state index contributed by atoms with van der Waals surface area (Å²) in [5.41, 5.74) is 1.32. The number of ether oxygens (including phenoxy) is 3. The van der Waals surface area contributed by atoms with Crippen molar-refractivity contribution in [3.63, 3.8) is 0 Å². The van der Waals surface area contributed by atoms with E-state index in [2.05, 4.69) is 21.0 Å². The van der Waals surface area contributed by atoms with Gasteiger partial charge in [-0.2, -0.15) is 5.01 Å². The fraction of sp³-hybridized carbons (Fsp3) is 0.286. The van der Waals surface area contributed by atoms with E-state index in [9.17, 15) is 9.59 Å². The van der Waals surface area contributed by atoms with Crippen LogP contribution in [0.2, 0.25) is 0 Å². The van der Waals surface area contributed by atoms with E-state index < -0.39 is 6.23 Å². The van der Waals surface area contributed by atoms with Crippen molar-refractivity contribution in [3.05, 3.63) is 52.5 Å². The van der Waals surface area contributed by atoms with Crippen LogP contribution in [0.4, 0.5) is 5.69 Å². The van der Waals surface area contributed by atoms with E-state index in [4.69, 9.17) is 14.2 Å². The van der Waals surface area contributed by atoms with Crippen LogP contribution in [-0.4, -0.2) is 49.7 Å². The third-order valence-electron chi connectivity index (χ3n) is 4.53. The summed E-state index contributed by atoms with van der Waals surface area (Å²) in [6, 6.07) is 12.5. The summed E-state index contributed by atoms with van der Waals surface area (Å²) in [6.07, 6.45) is -0.766. The lowest BCUT2D eigenvalue weighted by molar-refractivity contribution is -0.135. The normalized spacial score (nSPS) is 15.3. The summed E-state index contributed by atoms with van der Waals surface area (Å²) >= 11 is 3.39. The molecule has 8 nitrogen and oxygen atoms in total. The molecule has 0 bridgehead atoms. The summed E-state index contributed by atoms with van der Waals surface area (Å²) in [4.78, 5) is 26.0. The molecule has 0 aliphatic carbocycles. The SMILES string of the molecule is COc1ccc(C2=NN(C(C)=O)[C@H](CN(C(C)=O)c3ccc(Br)cc3)O2)cc1OC. The summed E-state index contributed by atoms with van der Waals surface area (Å²) in [6.45, 7) is 2.98. The molecule has 0 fully saturated rings. The Morgan fingerprint density at radius 3 is 2.33 bits per heavy atom. The lowest BCUT2D eigenvalue weighted by atomic mass is 10.2. The molecule has 9 heteroatoms. The van der Waals surface area contributed by atoms with E-state index in [1.807, 2.05) is 24.3 Å². The predicted octanol–water partition coefficient (Wildman–Crippen LogP) is 3.39. The lowest BCUT2D eigenvalue weighted by Gasteiger charge is -2.27. The van der Waals surface area contributed by atoms with Gasteiger partial charge in [0.15, 0.2) is 11.5 Å². The molecule has 1 atom stereocenters. The van der Waals surface area contributed by atoms with Gasteiger partial charge in [0.1, 0.15) is 0 Å². The van der Waals surface area contributed by atoms with E-state index in [-0.39, 0.29) is 24.3 Å². The van der Waals surface area contributed by atoms with Gasteiger partial charge in [-0.15, -0.1) is 5.10 Å². The lowest BCUT2D eigenvalue weighted by Crippen LogP contribution is -2.44. The molecule has 2 aromatic carbocycles. The molecular weight excluding hydrogens is 454 g/mol. The number of methoxy groups -OCH3 is 2. The summed E-state index contributed by atoms with van der Waals surface area (Å²) in [7, 11) is 3.08. The number of carbonyl (C=O) groups is 2. The van der Waals surface area contributed by atoms with Crippen molar-refractivity contribution in [3.8, 4) is 11.5 Å². The van der Waals surface area contributed by atoms with E-state index in [1.54, 1.807) is 30.2 Å². The predicted molar refractivity (Wildman–Crippen MR) is 116 cm³/mol. The molecule has 0 N–H and O–H groups in total. The number of halogens is 1. The van der Waals surface area contributed by atoms with Crippen LogP contribution in [0.1, 0.15) is 19.4 Å². The zero-order chi connectivity index (χ0) is 21.8. The third-order valence-corrected chi connectivity index (χ3v) is 5.06. The second kappa shape index (κ2) is 9.17. The molecule has 0 spiro atoms. The maximum absolute atomic E-state index is 12.3. The van der Waals surface area contributed by atoms with Crippen LogP contribution in [0.5, 0.6) is 11.5 Å². The third kappa shape index (κ3) is 4.56. The maximum Gasteiger partial charge on any atom is 0.243 e. The Hall–Kier alpha value is -3.07. The highest BCUT2D eigenvalue weighted by molar-refractivity contribution is 9.10. The zero-order valence-electron chi connectivity index (χ0n) is 17.1. The Bertz CT molecular complexity index is 977. The van der Waals surface area contributed by atoms with E-state index in [0.29, 0.717) is 22.7 Å². The van der Waals surface area contributed by atoms with Crippen LogP contribution in [0.25, 0.3) is 0 Å². The average molecular weight is 476 g/mol. The minimum absolute atomic E-state index is 0.122. The van der Waals surface area contributed by atoms with Crippen LogP contribution in [0, 0.1) is 0 Å². The molecular formula is C21H22BrN3O5. The van der Waals surface area contributed by atoms with Crippen molar-refractivity contribution >= 4 is 39.3 Å². The van der Waals surface area contributed by atoms with Gasteiger partial charge in [-0.25, -0.2) is 0 Å².